The molecule has 0 saturated heterocycles. The highest BCUT2D eigenvalue weighted by Gasteiger charge is 2.12. The van der Waals surface area contributed by atoms with E-state index in [9.17, 15) is 4.79 Å². The van der Waals surface area contributed by atoms with Crippen LogP contribution in [0.25, 0.3) is 0 Å². The van der Waals surface area contributed by atoms with Gasteiger partial charge in [0.05, 0.1) is 31.5 Å². The number of Topliss-reactive ketones (excluding diaryl/α,β-unsaturated/α-hetero) is 1. The van der Waals surface area contributed by atoms with Gasteiger partial charge in [0.2, 0.25) is 0 Å². The van der Waals surface area contributed by atoms with Crippen molar-refractivity contribution in [2.24, 2.45) is 0 Å². The maximum atomic E-state index is 11.9. The number of carbonyl (C=O) groups excluding carboxylic acids is 1. The van der Waals surface area contributed by atoms with Gasteiger partial charge < -0.3 is 14.2 Å². The highest BCUT2D eigenvalue weighted by molar-refractivity contribution is 5.99. The fourth-order valence-electron chi connectivity index (χ4n) is 1.52. The lowest BCUT2D eigenvalue weighted by Crippen LogP contribution is -2.22. The summed E-state index contributed by atoms with van der Waals surface area (Å²) in [6.07, 6.45) is 0. The fourth-order valence-corrected chi connectivity index (χ4v) is 1.52. The van der Waals surface area contributed by atoms with E-state index in [0.717, 1.165) is 0 Å². The normalized spacial score (nSPS) is 11.4. The Kier molecular flexibility index (Phi) is 5.99. The number of ether oxygens (including phenoxy) is 3. The van der Waals surface area contributed by atoms with Crippen LogP contribution >= 0.6 is 0 Å². The van der Waals surface area contributed by atoms with Gasteiger partial charge in [-0.25, -0.2) is 0 Å². The van der Waals surface area contributed by atoms with Crippen molar-refractivity contribution in [3.05, 3.63) is 29.8 Å². The maximum absolute atomic E-state index is 11.9. The number of hydrogen-bond donors (Lipinski definition) is 0. The van der Waals surface area contributed by atoms with Crippen LogP contribution < -0.4 is 4.74 Å². The van der Waals surface area contributed by atoms with Crippen molar-refractivity contribution in [1.29, 1.82) is 0 Å². The van der Waals surface area contributed by atoms with E-state index in [0.29, 0.717) is 24.5 Å². The summed E-state index contributed by atoms with van der Waals surface area (Å²) in [5, 5.41) is 0. The molecule has 0 spiro atoms. The minimum absolute atomic E-state index is 0.0356. The van der Waals surface area contributed by atoms with Crippen LogP contribution in [-0.2, 0) is 9.47 Å². The van der Waals surface area contributed by atoms with E-state index in [-0.39, 0.29) is 18.0 Å². The van der Waals surface area contributed by atoms with Gasteiger partial charge in [0.1, 0.15) is 12.4 Å². The molecule has 0 N–H and O–H groups in total. The number of methoxy groups -OCH3 is 1. The van der Waals surface area contributed by atoms with Gasteiger partial charge in [-0.15, -0.1) is 0 Å². The van der Waals surface area contributed by atoms with Crippen LogP contribution in [0, 0.1) is 0 Å². The molecule has 0 amide bonds. The molecule has 0 heterocycles. The molecule has 0 fully saturated rings. The zero-order valence-corrected chi connectivity index (χ0v) is 12.1. The smallest absolute Gasteiger partial charge is 0.192 e. The number of ketones is 1. The highest BCUT2D eigenvalue weighted by Crippen LogP contribution is 2.17. The van der Waals surface area contributed by atoms with Crippen LogP contribution in [0.4, 0.5) is 0 Å². The third-order valence-electron chi connectivity index (χ3n) is 2.40. The van der Waals surface area contributed by atoms with E-state index in [1.807, 2.05) is 26.8 Å². The molecule has 0 aliphatic carbocycles. The Labute approximate surface area is 114 Å². The summed E-state index contributed by atoms with van der Waals surface area (Å²) in [6, 6.07) is 7.12. The lowest BCUT2D eigenvalue weighted by Gasteiger charge is -2.19. The average molecular weight is 266 g/mol. The number of carbonyl (C=O) groups is 1. The molecule has 0 radical (unpaired) electrons. The average Bonchev–Trinajstić information content (AvgIpc) is 2.36. The molecular weight excluding hydrogens is 244 g/mol. The first kappa shape index (κ1) is 15.7. The number of rotatable bonds is 7. The van der Waals surface area contributed by atoms with E-state index in [4.69, 9.17) is 14.2 Å². The van der Waals surface area contributed by atoms with Gasteiger partial charge in [-0.05, 0) is 32.9 Å². The van der Waals surface area contributed by atoms with Crippen molar-refractivity contribution in [2.45, 2.75) is 26.4 Å². The number of benzene rings is 1. The van der Waals surface area contributed by atoms with E-state index in [2.05, 4.69) is 0 Å². The Hall–Kier alpha value is -1.39. The second-order valence-corrected chi connectivity index (χ2v) is 5.14. The highest BCUT2D eigenvalue weighted by atomic mass is 16.5. The first-order valence-corrected chi connectivity index (χ1v) is 6.32. The van der Waals surface area contributed by atoms with Crippen LogP contribution in [-0.4, -0.2) is 38.3 Å². The Bertz CT molecular complexity index is 407. The molecular formula is C15H22O4. The second kappa shape index (κ2) is 7.26. The molecule has 106 valence electrons. The Morgan fingerprint density at radius 3 is 2.47 bits per heavy atom. The third kappa shape index (κ3) is 5.85. The molecule has 0 aromatic heterocycles. The van der Waals surface area contributed by atoms with Crippen molar-refractivity contribution in [3.8, 4) is 5.75 Å². The molecule has 1 aromatic carbocycles. The summed E-state index contributed by atoms with van der Waals surface area (Å²) in [6.45, 7) is 6.85. The van der Waals surface area contributed by atoms with Crippen LogP contribution in [0.3, 0.4) is 0 Å². The van der Waals surface area contributed by atoms with Gasteiger partial charge in [-0.3, -0.25) is 4.79 Å². The lowest BCUT2D eigenvalue weighted by atomic mass is 10.1. The first-order valence-electron chi connectivity index (χ1n) is 6.32. The summed E-state index contributed by atoms with van der Waals surface area (Å²) in [5.74, 6) is 0.482. The molecule has 1 rings (SSSR count). The van der Waals surface area contributed by atoms with Crippen molar-refractivity contribution in [3.63, 3.8) is 0 Å². The van der Waals surface area contributed by atoms with E-state index in [1.165, 1.54) is 0 Å². The molecule has 1 aromatic rings. The zero-order chi connectivity index (χ0) is 14.3. The molecule has 0 unspecified atom stereocenters. The summed E-state index contributed by atoms with van der Waals surface area (Å²) in [7, 11) is 1.55. The standard InChI is InChI=1S/C15H22O4/c1-15(2,3)19-10-9-18-11-13(16)12-7-5-6-8-14(12)17-4/h5-8H,9-11H2,1-4H3. The third-order valence-corrected chi connectivity index (χ3v) is 2.40. The SMILES string of the molecule is COc1ccccc1C(=O)COCCOC(C)(C)C. The quantitative estimate of drug-likeness (QED) is 0.562. The van der Waals surface area contributed by atoms with Crippen LogP contribution in [0.15, 0.2) is 24.3 Å². The van der Waals surface area contributed by atoms with Crippen molar-refractivity contribution in [1.82, 2.24) is 0 Å². The molecule has 0 atom stereocenters. The molecule has 0 aliphatic heterocycles. The lowest BCUT2D eigenvalue weighted by molar-refractivity contribution is -0.0324. The summed E-state index contributed by atoms with van der Waals surface area (Å²) < 4.78 is 16.0. The Morgan fingerprint density at radius 1 is 1.16 bits per heavy atom. The molecule has 0 bridgehead atoms. The fraction of sp³-hybridized carbons (Fsp3) is 0.533. The van der Waals surface area contributed by atoms with Crippen molar-refractivity contribution >= 4 is 5.78 Å². The van der Waals surface area contributed by atoms with Gasteiger partial charge in [0.25, 0.3) is 0 Å². The van der Waals surface area contributed by atoms with Crippen LogP contribution in [0.5, 0.6) is 5.75 Å². The Balaban J connectivity index is 2.35. The summed E-state index contributed by atoms with van der Waals surface area (Å²) >= 11 is 0. The predicted octanol–water partition coefficient (Wildman–Crippen LogP) is 2.71. The molecule has 0 aliphatic rings. The van der Waals surface area contributed by atoms with Crippen molar-refractivity contribution in [2.75, 3.05) is 26.9 Å². The Morgan fingerprint density at radius 2 is 1.84 bits per heavy atom. The zero-order valence-electron chi connectivity index (χ0n) is 12.1. The van der Waals surface area contributed by atoms with E-state index < -0.39 is 0 Å². The molecule has 19 heavy (non-hydrogen) atoms. The molecule has 0 saturated carbocycles. The summed E-state index contributed by atoms with van der Waals surface area (Å²) in [5.41, 5.74) is 0.359. The van der Waals surface area contributed by atoms with Gasteiger partial charge >= 0.3 is 0 Å². The minimum Gasteiger partial charge on any atom is -0.496 e. The second-order valence-electron chi connectivity index (χ2n) is 5.14. The van der Waals surface area contributed by atoms with E-state index in [1.54, 1.807) is 25.3 Å². The number of para-hydroxylation sites is 1. The van der Waals surface area contributed by atoms with Crippen molar-refractivity contribution < 1.29 is 19.0 Å². The monoisotopic (exact) mass is 266 g/mol. The maximum Gasteiger partial charge on any atom is 0.192 e. The molecule has 4 nitrogen and oxygen atoms in total. The van der Waals surface area contributed by atoms with Gasteiger partial charge in [-0.1, -0.05) is 12.1 Å². The predicted molar refractivity (Wildman–Crippen MR) is 73.8 cm³/mol. The van der Waals surface area contributed by atoms with Crippen LogP contribution in [0.2, 0.25) is 0 Å². The van der Waals surface area contributed by atoms with Gasteiger partial charge in [-0.2, -0.15) is 0 Å². The largest absolute Gasteiger partial charge is 0.496 e. The van der Waals surface area contributed by atoms with Crippen LogP contribution in [0.1, 0.15) is 31.1 Å². The summed E-state index contributed by atoms with van der Waals surface area (Å²) in [4.78, 5) is 11.9. The van der Waals surface area contributed by atoms with Gasteiger partial charge in [0, 0.05) is 0 Å². The molecule has 4 heteroatoms. The van der Waals surface area contributed by atoms with E-state index >= 15 is 0 Å². The minimum atomic E-state index is -0.185. The number of hydrogen-bond acceptors (Lipinski definition) is 4. The van der Waals surface area contributed by atoms with Gasteiger partial charge in [0.15, 0.2) is 5.78 Å². The topological polar surface area (TPSA) is 44.8 Å². The first-order chi connectivity index (χ1) is 8.94.